The summed E-state index contributed by atoms with van der Waals surface area (Å²) in [7, 11) is 0. The van der Waals surface area contributed by atoms with Gasteiger partial charge in [0, 0.05) is 25.2 Å². The highest BCUT2D eigenvalue weighted by molar-refractivity contribution is 6.00. The van der Waals surface area contributed by atoms with Crippen LogP contribution >= 0.6 is 0 Å². The van der Waals surface area contributed by atoms with Crippen LogP contribution in [-0.4, -0.2) is 61.0 Å². The molecule has 0 saturated carbocycles. The number of carbonyl (C=O) groups excluding carboxylic acids is 5. The number of anilines is 1. The lowest BCUT2D eigenvalue weighted by molar-refractivity contribution is -0.151. The number of hydrogen-bond acceptors (Lipinski definition) is 8. The first kappa shape index (κ1) is 26.4. The van der Waals surface area contributed by atoms with E-state index in [0.717, 1.165) is 5.56 Å². The Kier molecular flexibility index (Phi) is 9.15. The average Bonchev–Trinajstić information content (AvgIpc) is 3.23. The van der Waals surface area contributed by atoms with Gasteiger partial charge in [-0.25, -0.2) is 9.59 Å². The Bertz CT molecular complexity index is 1100. The van der Waals surface area contributed by atoms with Crippen LogP contribution in [0.3, 0.4) is 0 Å². The first-order valence-electron chi connectivity index (χ1n) is 11.6. The van der Waals surface area contributed by atoms with Gasteiger partial charge in [0.15, 0.2) is 6.61 Å². The summed E-state index contributed by atoms with van der Waals surface area (Å²) in [6.07, 6.45) is 0.0117. The minimum atomic E-state index is -0.676. The van der Waals surface area contributed by atoms with Crippen LogP contribution in [0.4, 0.5) is 5.69 Å². The summed E-state index contributed by atoms with van der Waals surface area (Å²) in [4.78, 5) is 63.1. The minimum Gasteiger partial charge on any atom is -0.462 e. The van der Waals surface area contributed by atoms with Crippen LogP contribution in [0.25, 0.3) is 0 Å². The van der Waals surface area contributed by atoms with Crippen LogP contribution in [0.2, 0.25) is 0 Å². The van der Waals surface area contributed by atoms with Gasteiger partial charge >= 0.3 is 17.9 Å². The Labute approximate surface area is 208 Å². The third-order valence-corrected chi connectivity index (χ3v) is 5.35. The Morgan fingerprint density at radius 2 is 1.53 bits per heavy atom. The van der Waals surface area contributed by atoms with Gasteiger partial charge in [0.05, 0.1) is 30.3 Å². The molecular formula is C26H28N2O8. The van der Waals surface area contributed by atoms with Crippen LogP contribution in [0.15, 0.2) is 48.5 Å². The lowest BCUT2D eigenvalue weighted by Crippen LogP contribution is -2.28. The van der Waals surface area contributed by atoms with E-state index >= 15 is 0 Å². The second-order valence-electron chi connectivity index (χ2n) is 8.06. The third-order valence-electron chi connectivity index (χ3n) is 5.35. The molecular weight excluding hydrogens is 468 g/mol. The number of nitrogens with one attached hydrogen (secondary N) is 1. The summed E-state index contributed by atoms with van der Waals surface area (Å²) >= 11 is 0. The summed E-state index contributed by atoms with van der Waals surface area (Å²) in [5.74, 6) is -3.50. The molecule has 1 atom stereocenters. The van der Waals surface area contributed by atoms with Crippen molar-refractivity contribution in [2.75, 3.05) is 31.7 Å². The number of benzene rings is 2. The minimum absolute atomic E-state index is 0.0117. The van der Waals surface area contributed by atoms with Gasteiger partial charge in [0.1, 0.15) is 0 Å². The van der Waals surface area contributed by atoms with Gasteiger partial charge in [0.2, 0.25) is 5.91 Å². The van der Waals surface area contributed by atoms with Crippen molar-refractivity contribution in [3.8, 4) is 0 Å². The van der Waals surface area contributed by atoms with Crippen molar-refractivity contribution in [1.29, 1.82) is 0 Å². The van der Waals surface area contributed by atoms with Gasteiger partial charge < -0.3 is 24.4 Å². The number of carbonyl (C=O) groups is 5. The molecule has 10 heteroatoms. The quantitative estimate of drug-likeness (QED) is 0.393. The van der Waals surface area contributed by atoms with Crippen LogP contribution in [0, 0.1) is 5.92 Å². The fraction of sp³-hybridized carbons (Fsp3) is 0.346. The van der Waals surface area contributed by atoms with Gasteiger partial charge in [0.25, 0.3) is 5.91 Å². The van der Waals surface area contributed by atoms with E-state index in [4.69, 9.17) is 14.2 Å². The van der Waals surface area contributed by atoms with E-state index in [2.05, 4.69) is 5.32 Å². The van der Waals surface area contributed by atoms with Gasteiger partial charge in [-0.15, -0.1) is 0 Å². The number of rotatable bonds is 10. The highest BCUT2D eigenvalue weighted by Crippen LogP contribution is 2.22. The SMILES string of the molecule is CCOC(=O)c1cc(NC(=O)COC(=O)[C@@H]2CC(=O)N(Cc3ccccc3)C2)cc(C(=O)OCC)c1. The second-order valence-corrected chi connectivity index (χ2v) is 8.06. The molecule has 1 aliphatic rings. The maximum Gasteiger partial charge on any atom is 0.338 e. The maximum absolute atomic E-state index is 12.5. The van der Waals surface area contributed by atoms with Gasteiger partial charge in [-0.1, -0.05) is 30.3 Å². The van der Waals surface area contributed by atoms with Crippen molar-refractivity contribution in [3.05, 3.63) is 65.2 Å². The Hall–Kier alpha value is -4.21. The second kappa shape index (κ2) is 12.5. The zero-order valence-electron chi connectivity index (χ0n) is 20.2. The monoisotopic (exact) mass is 496 g/mol. The topological polar surface area (TPSA) is 128 Å². The third kappa shape index (κ3) is 7.14. The predicted octanol–water partition coefficient (Wildman–Crippen LogP) is 2.57. The van der Waals surface area contributed by atoms with E-state index in [0.29, 0.717) is 6.54 Å². The molecule has 0 aromatic heterocycles. The van der Waals surface area contributed by atoms with Crippen molar-refractivity contribution in [3.63, 3.8) is 0 Å². The lowest BCUT2D eigenvalue weighted by atomic mass is 10.1. The zero-order valence-corrected chi connectivity index (χ0v) is 20.2. The Morgan fingerprint density at radius 1 is 0.917 bits per heavy atom. The van der Waals surface area contributed by atoms with Crippen molar-refractivity contribution in [1.82, 2.24) is 4.90 Å². The molecule has 2 amide bonds. The number of esters is 3. The molecule has 2 aromatic rings. The first-order valence-corrected chi connectivity index (χ1v) is 11.6. The molecule has 1 heterocycles. The van der Waals surface area contributed by atoms with E-state index in [1.807, 2.05) is 30.3 Å². The molecule has 1 saturated heterocycles. The fourth-order valence-electron chi connectivity index (χ4n) is 3.70. The number of ether oxygens (including phenoxy) is 3. The van der Waals surface area contributed by atoms with Crippen molar-refractivity contribution >= 4 is 35.4 Å². The fourth-order valence-corrected chi connectivity index (χ4v) is 3.70. The molecule has 190 valence electrons. The molecule has 10 nitrogen and oxygen atoms in total. The molecule has 0 unspecified atom stereocenters. The molecule has 2 aromatic carbocycles. The summed E-state index contributed by atoms with van der Waals surface area (Å²) < 4.78 is 15.1. The molecule has 36 heavy (non-hydrogen) atoms. The summed E-state index contributed by atoms with van der Waals surface area (Å²) in [5.41, 5.74) is 1.19. The highest BCUT2D eigenvalue weighted by Gasteiger charge is 2.35. The van der Waals surface area contributed by atoms with Crippen molar-refractivity contribution < 1.29 is 38.2 Å². The van der Waals surface area contributed by atoms with Crippen LogP contribution in [-0.2, 0) is 35.1 Å². The van der Waals surface area contributed by atoms with Crippen molar-refractivity contribution in [2.24, 2.45) is 5.92 Å². The molecule has 1 N–H and O–H groups in total. The lowest BCUT2D eigenvalue weighted by Gasteiger charge is -2.16. The molecule has 1 fully saturated rings. The number of hydrogen-bond donors (Lipinski definition) is 1. The smallest absolute Gasteiger partial charge is 0.338 e. The van der Waals surface area contributed by atoms with Gasteiger partial charge in [-0.05, 0) is 37.6 Å². The van der Waals surface area contributed by atoms with E-state index < -0.39 is 36.3 Å². The molecule has 0 spiro atoms. The first-order chi connectivity index (χ1) is 17.3. The number of likely N-dealkylation sites (tertiary alicyclic amines) is 1. The summed E-state index contributed by atoms with van der Waals surface area (Å²) in [5, 5.41) is 2.50. The molecule has 3 rings (SSSR count). The Balaban J connectivity index is 1.58. The van der Waals surface area contributed by atoms with E-state index in [-0.39, 0.29) is 48.9 Å². The maximum atomic E-state index is 12.5. The molecule has 0 radical (unpaired) electrons. The van der Waals surface area contributed by atoms with Gasteiger partial charge in [-0.2, -0.15) is 0 Å². The van der Waals surface area contributed by atoms with E-state index in [9.17, 15) is 24.0 Å². The van der Waals surface area contributed by atoms with Crippen LogP contribution in [0.1, 0.15) is 46.5 Å². The largest absolute Gasteiger partial charge is 0.462 e. The highest BCUT2D eigenvalue weighted by atomic mass is 16.5. The van der Waals surface area contributed by atoms with E-state index in [1.54, 1.807) is 18.7 Å². The number of amides is 2. The zero-order chi connectivity index (χ0) is 26.1. The summed E-state index contributed by atoms with van der Waals surface area (Å²) in [6.45, 7) is 3.55. The summed E-state index contributed by atoms with van der Waals surface area (Å²) in [6, 6.07) is 13.4. The van der Waals surface area contributed by atoms with E-state index in [1.165, 1.54) is 18.2 Å². The van der Waals surface area contributed by atoms with Gasteiger partial charge in [-0.3, -0.25) is 14.4 Å². The number of nitrogens with zero attached hydrogens (tertiary/aromatic N) is 1. The van der Waals surface area contributed by atoms with Crippen molar-refractivity contribution in [2.45, 2.75) is 26.8 Å². The predicted molar refractivity (Wildman–Crippen MR) is 128 cm³/mol. The molecule has 0 bridgehead atoms. The van der Waals surface area contributed by atoms with Crippen LogP contribution < -0.4 is 5.32 Å². The standard InChI is InChI=1S/C26H28N2O8/c1-3-34-24(31)18-10-19(25(32)35-4-2)12-21(11-18)27-22(29)16-36-26(33)20-13-23(30)28(15-20)14-17-8-6-5-7-9-17/h5-12,20H,3-4,13-16H2,1-2H3,(H,27,29)/t20-/m1/s1. The Morgan fingerprint density at radius 3 is 2.11 bits per heavy atom. The molecule has 0 aliphatic carbocycles. The average molecular weight is 497 g/mol. The normalized spacial score (nSPS) is 14.8. The van der Waals surface area contributed by atoms with Crippen LogP contribution in [0.5, 0.6) is 0 Å². The molecule has 1 aliphatic heterocycles.